The Morgan fingerprint density at radius 2 is 1.82 bits per heavy atom. The molecule has 0 heterocycles. The zero-order valence-electron chi connectivity index (χ0n) is 15.0. The summed E-state index contributed by atoms with van der Waals surface area (Å²) in [5.41, 5.74) is -0.605. The van der Waals surface area contributed by atoms with Crippen molar-refractivity contribution in [2.75, 3.05) is 19.0 Å². The van der Waals surface area contributed by atoms with Gasteiger partial charge in [0.2, 0.25) is 0 Å². The van der Waals surface area contributed by atoms with Gasteiger partial charge in [0.1, 0.15) is 17.1 Å². The summed E-state index contributed by atoms with van der Waals surface area (Å²) in [6, 6.07) is 6.48. The molecule has 0 saturated carbocycles. The summed E-state index contributed by atoms with van der Waals surface area (Å²) in [6.07, 6.45) is -4.58. The molecule has 150 valence electrons. The van der Waals surface area contributed by atoms with E-state index < -0.39 is 29.5 Å². The first-order valence-corrected chi connectivity index (χ1v) is 8.12. The van der Waals surface area contributed by atoms with Gasteiger partial charge in [-0.2, -0.15) is 13.2 Å². The molecular formula is C19H17F4NO4. The van der Waals surface area contributed by atoms with E-state index in [4.69, 9.17) is 4.74 Å². The van der Waals surface area contributed by atoms with Gasteiger partial charge in [0.05, 0.1) is 12.7 Å². The van der Waals surface area contributed by atoms with Crippen molar-refractivity contribution in [3.63, 3.8) is 0 Å². The number of nitrogens with one attached hydrogen (secondary N) is 1. The standard InChI is InChI=1S/C19H17F4NO4/c1-11(25)28-17-6-4-14(10-15(17)18(26)27-2)24-8-7-12-9-13(19(21,22)23)3-5-16(12)20/h3-6,9-10,24H,7-8H2,1-2H3. The Kier molecular flexibility index (Phi) is 6.61. The van der Waals surface area contributed by atoms with Crippen molar-refractivity contribution < 1.29 is 36.6 Å². The van der Waals surface area contributed by atoms with Crippen LogP contribution in [0.2, 0.25) is 0 Å². The van der Waals surface area contributed by atoms with Crippen molar-refractivity contribution in [1.82, 2.24) is 0 Å². The van der Waals surface area contributed by atoms with Crippen molar-refractivity contribution in [2.45, 2.75) is 19.5 Å². The molecule has 0 aliphatic rings. The second-order valence-electron chi connectivity index (χ2n) is 5.78. The fraction of sp³-hybridized carbons (Fsp3) is 0.263. The summed E-state index contributed by atoms with van der Waals surface area (Å²) in [7, 11) is 1.16. The molecular weight excluding hydrogens is 382 g/mol. The van der Waals surface area contributed by atoms with Gasteiger partial charge >= 0.3 is 18.1 Å². The topological polar surface area (TPSA) is 64.6 Å². The molecule has 0 aliphatic carbocycles. The van der Waals surface area contributed by atoms with Crippen molar-refractivity contribution in [1.29, 1.82) is 0 Å². The van der Waals surface area contributed by atoms with Gasteiger partial charge in [0.25, 0.3) is 0 Å². The maximum atomic E-state index is 13.8. The fourth-order valence-corrected chi connectivity index (χ4v) is 2.44. The number of alkyl halides is 3. The molecule has 5 nitrogen and oxygen atoms in total. The summed E-state index contributed by atoms with van der Waals surface area (Å²) in [4.78, 5) is 23.0. The Bertz CT molecular complexity index is 881. The summed E-state index contributed by atoms with van der Waals surface area (Å²) in [6.45, 7) is 1.28. The predicted octanol–water partition coefficient (Wildman–Crippen LogP) is 4.21. The molecule has 0 fully saturated rings. The van der Waals surface area contributed by atoms with Gasteiger partial charge in [-0.1, -0.05) is 0 Å². The quantitative estimate of drug-likeness (QED) is 0.448. The van der Waals surface area contributed by atoms with E-state index in [1.807, 2.05) is 0 Å². The van der Waals surface area contributed by atoms with Crippen LogP contribution >= 0.6 is 0 Å². The van der Waals surface area contributed by atoms with E-state index in [0.717, 1.165) is 19.2 Å². The van der Waals surface area contributed by atoms with Crippen LogP contribution in [0, 0.1) is 5.82 Å². The van der Waals surface area contributed by atoms with Crippen molar-refractivity contribution in [3.8, 4) is 5.75 Å². The van der Waals surface area contributed by atoms with Crippen LogP contribution in [-0.4, -0.2) is 25.6 Å². The molecule has 0 amide bonds. The van der Waals surface area contributed by atoms with Crippen LogP contribution in [0.3, 0.4) is 0 Å². The van der Waals surface area contributed by atoms with Crippen molar-refractivity contribution in [2.24, 2.45) is 0 Å². The van der Waals surface area contributed by atoms with E-state index in [2.05, 4.69) is 10.1 Å². The molecule has 0 spiro atoms. The number of esters is 2. The van der Waals surface area contributed by atoms with Crippen LogP contribution in [0.1, 0.15) is 28.4 Å². The van der Waals surface area contributed by atoms with E-state index in [1.165, 1.54) is 25.1 Å². The third kappa shape index (κ3) is 5.45. The zero-order valence-corrected chi connectivity index (χ0v) is 15.0. The van der Waals surface area contributed by atoms with Gasteiger partial charge in [0, 0.05) is 19.2 Å². The lowest BCUT2D eigenvalue weighted by Crippen LogP contribution is -2.12. The Morgan fingerprint density at radius 1 is 1.11 bits per heavy atom. The van der Waals surface area contributed by atoms with E-state index in [0.29, 0.717) is 11.8 Å². The fourth-order valence-electron chi connectivity index (χ4n) is 2.44. The largest absolute Gasteiger partial charge is 0.465 e. The van der Waals surface area contributed by atoms with E-state index in [9.17, 15) is 27.2 Å². The first kappa shape index (κ1) is 21.2. The number of anilines is 1. The van der Waals surface area contributed by atoms with Crippen molar-refractivity contribution >= 4 is 17.6 Å². The Hall–Kier alpha value is -3.10. The SMILES string of the molecule is COC(=O)c1cc(NCCc2cc(C(F)(F)F)ccc2F)ccc1OC(C)=O. The third-order valence-corrected chi connectivity index (χ3v) is 3.74. The second-order valence-corrected chi connectivity index (χ2v) is 5.78. The minimum atomic E-state index is -4.56. The lowest BCUT2D eigenvalue weighted by Gasteiger charge is -2.13. The van der Waals surface area contributed by atoms with Crippen LogP contribution in [0.15, 0.2) is 36.4 Å². The van der Waals surface area contributed by atoms with Crippen LogP contribution < -0.4 is 10.1 Å². The molecule has 1 N–H and O–H groups in total. The predicted molar refractivity (Wildman–Crippen MR) is 92.7 cm³/mol. The molecule has 0 radical (unpaired) electrons. The highest BCUT2D eigenvalue weighted by Crippen LogP contribution is 2.30. The highest BCUT2D eigenvalue weighted by molar-refractivity contribution is 5.94. The lowest BCUT2D eigenvalue weighted by atomic mass is 10.1. The number of rotatable bonds is 6. The summed E-state index contributed by atoms with van der Waals surface area (Å²) in [5, 5.41) is 2.88. The van der Waals surface area contributed by atoms with E-state index in [1.54, 1.807) is 0 Å². The minimum absolute atomic E-state index is 0.00653. The Balaban J connectivity index is 2.13. The lowest BCUT2D eigenvalue weighted by molar-refractivity contribution is -0.137. The van der Waals surface area contributed by atoms with E-state index in [-0.39, 0.29) is 29.8 Å². The average molecular weight is 399 g/mol. The molecule has 2 rings (SSSR count). The number of benzene rings is 2. The molecule has 0 aliphatic heterocycles. The highest BCUT2D eigenvalue weighted by atomic mass is 19.4. The van der Waals surface area contributed by atoms with Crippen LogP contribution in [0.4, 0.5) is 23.2 Å². The van der Waals surface area contributed by atoms with Crippen molar-refractivity contribution in [3.05, 3.63) is 58.9 Å². The highest BCUT2D eigenvalue weighted by Gasteiger charge is 2.31. The monoisotopic (exact) mass is 399 g/mol. The van der Waals surface area contributed by atoms with Crippen LogP contribution in [-0.2, 0) is 22.1 Å². The molecule has 2 aromatic carbocycles. The van der Waals surface area contributed by atoms with Crippen LogP contribution in [0.25, 0.3) is 0 Å². The molecule has 2 aromatic rings. The number of hydrogen-bond acceptors (Lipinski definition) is 5. The van der Waals surface area contributed by atoms with Gasteiger partial charge in [0.15, 0.2) is 0 Å². The number of ether oxygens (including phenoxy) is 2. The number of carbonyl (C=O) groups excluding carboxylic acids is 2. The number of methoxy groups -OCH3 is 1. The normalized spacial score (nSPS) is 11.1. The zero-order chi connectivity index (χ0) is 20.9. The molecule has 9 heteroatoms. The summed E-state index contributed by atoms with van der Waals surface area (Å²) >= 11 is 0. The Labute approximate surface area is 158 Å². The Morgan fingerprint density at radius 3 is 2.43 bits per heavy atom. The average Bonchev–Trinajstić information content (AvgIpc) is 2.62. The second kappa shape index (κ2) is 8.73. The number of hydrogen-bond donors (Lipinski definition) is 1. The molecule has 0 atom stereocenters. The van der Waals surface area contributed by atoms with E-state index >= 15 is 0 Å². The maximum Gasteiger partial charge on any atom is 0.416 e. The number of carbonyl (C=O) groups is 2. The third-order valence-electron chi connectivity index (χ3n) is 3.74. The van der Waals surface area contributed by atoms with Gasteiger partial charge in [-0.25, -0.2) is 9.18 Å². The molecule has 0 aromatic heterocycles. The van der Waals surface area contributed by atoms with Gasteiger partial charge in [-0.05, 0) is 48.4 Å². The first-order chi connectivity index (χ1) is 13.1. The molecule has 0 unspecified atom stereocenters. The first-order valence-electron chi connectivity index (χ1n) is 8.12. The minimum Gasteiger partial charge on any atom is -0.465 e. The number of halogens is 4. The summed E-state index contributed by atoms with van der Waals surface area (Å²) < 4.78 is 61.6. The van der Waals surface area contributed by atoms with Crippen LogP contribution in [0.5, 0.6) is 5.75 Å². The maximum absolute atomic E-state index is 13.8. The van der Waals surface area contributed by atoms with Gasteiger partial charge in [-0.15, -0.1) is 0 Å². The van der Waals surface area contributed by atoms with Gasteiger partial charge < -0.3 is 14.8 Å². The van der Waals surface area contributed by atoms with Gasteiger partial charge in [-0.3, -0.25) is 4.79 Å². The molecule has 0 bridgehead atoms. The molecule has 0 saturated heterocycles. The molecule has 28 heavy (non-hydrogen) atoms. The summed E-state index contributed by atoms with van der Waals surface area (Å²) in [5.74, 6) is -2.08. The smallest absolute Gasteiger partial charge is 0.416 e.